The standard InChI is InChI=1S/C29H40N6O6/c1-17(2)24(36)26(38)30-18(3)27(39)35-15-7-8-21(32-35)25(37)33-34(6)23-12-11-20-10-9-19(16-22(20)31-23)13-14-29(4,5)28(40)41/h9-14,16-18,21,24,32,36H,7-8,15H2,1-6H3,(H,30,38)(H,33,37)(H,40,41)/b14-13+/t18-,21-,24-/m0/s1. The fourth-order valence-corrected chi connectivity index (χ4v) is 4.12. The van der Waals surface area contributed by atoms with Crippen molar-refractivity contribution in [3.05, 3.63) is 42.0 Å². The summed E-state index contributed by atoms with van der Waals surface area (Å²) in [6.07, 6.45) is 3.24. The molecule has 2 heterocycles. The van der Waals surface area contributed by atoms with Gasteiger partial charge in [-0.3, -0.25) is 34.6 Å². The first-order chi connectivity index (χ1) is 19.2. The number of rotatable bonds is 10. The van der Waals surface area contributed by atoms with Crippen LogP contribution in [0.5, 0.6) is 0 Å². The van der Waals surface area contributed by atoms with Gasteiger partial charge in [-0.05, 0) is 63.3 Å². The number of pyridine rings is 1. The van der Waals surface area contributed by atoms with E-state index in [9.17, 15) is 29.4 Å². The molecule has 0 aliphatic carbocycles. The van der Waals surface area contributed by atoms with Gasteiger partial charge in [0.2, 0.25) is 5.91 Å². The van der Waals surface area contributed by atoms with Gasteiger partial charge < -0.3 is 15.5 Å². The lowest BCUT2D eigenvalue weighted by Gasteiger charge is -2.35. The summed E-state index contributed by atoms with van der Waals surface area (Å²) in [6, 6.07) is 7.69. The Morgan fingerprint density at radius 1 is 1.17 bits per heavy atom. The third kappa shape index (κ3) is 8.01. The van der Waals surface area contributed by atoms with Crippen LogP contribution in [-0.4, -0.2) is 75.7 Å². The monoisotopic (exact) mass is 568 g/mol. The van der Waals surface area contributed by atoms with Crippen molar-refractivity contribution < 1.29 is 29.4 Å². The largest absolute Gasteiger partial charge is 0.481 e. The maximum atomic E-state index is 13.1. The van der Waals surface area contributed by atoms with Crippen LogP contribution in [0.3, 0.4) is 0 Å². The van der Waals surface area contributed by atoms with E-state index in [1.165, 1.54) is 16.9 Å². The molecule has 3 amide bonds. The summed E-state index contributed by atoms with van der Waals surface area (Å²) in [5.41, 5.74) is 6.21. The quantitative estimate of drug-likeness (QED) is 0.269. The smallest absolute Gasteiger partial charge is 0.312 e. The summed E-state index contributed by atoms with van der Waals surface area (Å²) < 4.78 is 0. The molecule has 0 saturated carbocycles. The first-order valence-electron chi connectivity index (χ1n) is 13.6. The number of nitrogens with one attached hydrogen (secondary N) is 3. The summed E-state index contributed by atoms with van der Waals surface area (Å²) in [6.45, 7) is 8.56. The molecule has 1 aliphatic rings. The maximum Gasteiger partial charge on any atom is 0.312 e. The average Bonchev–Trinajstić information content (AvgIpc) is 2.94. The summed E-state index contributed by atoms with van der Waals surface area (Å²) >= 11 is 0. The summed E-state index contributed by atoms with van der Waals surface area (Å²) in [4.78, 5) is 54.2. The van der Waals surface area contributed by atoms with Crippen LogP contribution in [0, 0.1) is 11.3 Å². The number of aliphatic hydroxyl groups excluding tert-OH is 1. The molecule has 1 aliphatic heterocycles. The van der Waals surface area contributed by atoms with Crippen LogP contribution in [0.25, 0.3) is 17.0 Å². The molecule has 41 heavy (non-hydrogen) atoms. The van der Waals surface area contributed by atoms with Gasteiger partial charge in [0.15, 0.2) is 0 Å². The van der Waals surface area contributed by atoms with E-state index in [2.05, 4.69) is 21.2 Å². The molecule has 1 fully saturated rings. The number of aliphatic hydroxyl groups is 1. The molecule has 0 unspecified atom stereocenters. The van der Waals surface area contributed by atoms with E-state index in [-0.39, 0.29) is 11.8 Å². The Morgan fingerprint density at radius 3 is 2.51 bits per heavy atom. The lowest BCUT2D eigenvalue weighted by Crippen LogP contribution is -2.62. The molecule has 12 heteroatoms. The fourth-order valence-electron chi connectivity index (χ4n) is 4.12. The molecule has 1 aromatic carbocycles. The number of amides is 3. The van der Waals surface area contributed by atoms with E-state index in [0.717, 1.165) is 10.9 Å². The molecule has 0 bridgehead atoms. The highest BCUT2D eigenvalue weighted by atomic mass is 16.4. The van der Waals surface area contributed by atoms with Crippen molar-refractivity contribution in [2.45, 2.75) is 65.6 Å². The minimum absolute atomic E-state index is 0.289. The van der Waals surface area contributed by atoms with Crippen molar-refractivity contribution in [1.29, 1.82) is 0 Å². The molecule has 3 rings (SSSR count). The Labute approximate surface area is 239 Å². The van der Waals surface area contributed by atoms with Crippen molar-refractivity contribution in [3.8, 4) is 0 Å². The predicted octanol–water partition coefficient (Wildman–Crippen LogP) is 1.84. The second kappa shape index (κ2) is 13.1. The summed E-state index contributed by atoms with van der Waals surface area (Å²) in [5.74, 6) is -2.11. The Kier molecular flexibility index (Phi) is 10.1. The minimum Gasteiger partial charge on any atom is -0.481 e. The van der Waals surface area contributed by atoms with Gasteiger partial charge in [-0.25, -0.2) is 10.4 Å². The number of carbonyl (C=O) groups is 4. The Hall–Kier alpha value is -4.03. The number of carboxylic acids is 1. The third-order valence-electron chi connectivity index (χ3n) is 6.96. The zero-order valence-electron chi connectivity index (χ0n) is 24.3. The number of carboxylic acid groups (broad SMARTS) is 1. The highest BCUT2D eigenvalue weighted by Gasteiger charge is 2.32. The maximum absolute atomic E-state index is 13.1. The average molecular weight is 569 g/mol. The molecular formula is C29H40N6O6. The van der Waals surface area contributed by atoms with Gasteiger partial charge in [0, 0.05) is 19.0 Å². The number of nitrogens with zero attached hydrogens (tertiary/aromatic N) is 3. The van der Waals surface area contributed by atoms with Crippen molar-refractivity contribution in [2.75, 3.05) is 18.6 Å². The van der Waals surface area contributed by atoms with E-state index in [1.54, 1.807) is 53.0 Å². The van der Waals surface area contributed by atoms with Crippen LogP contribution in [0.4, 0.5) is 5.82 Å². The molecule has 222 valence electrons. The van der Waals surface area contributed by atoms with E-state index in [1.807, 2.05) is 24.3 Å². The molecular weight excluding hydrogens is 528 g/mol. The van der Waals surface area contributed by atoms with Crippen LogP contribution in [-0.2, 0) is 19.2 Å². The minimum atomic E-state index is -1.22. The van der Waals surface area contributed by atoms with Crippen LogP contribution in [0.1, 0.15) is 53.0 Å². The zero-order chi connectivity index (χ0) is 30.5. The molecule has 1 aromatic heterocycles. The van der Waals surface area contributed by atoms with Crippen LogP contribution >= 0.6 is 0 Å². The summed E-state index contributed by atoms with van der Waals surface area (Å²) in [7, 11) is 1.66. The predicted molar refractivity (Wildman–Crippen MR) is 155 cm³/mol. The normalized spacial score (nSPS) is 17.4. The highest BCUT2D eigenvalue weighted by molar-refractivity contribution is 5.90. The first-order valence-corrected chi connectivity index (χ1v) is 13.6. The molecule has 3 atom stereocenters. The number of aliphatic carboxylic acids is 1. The van der Waals surface area contributed by atoms with E-state index >= 15 is 0 Å². The molecule has 0 radical (unpaired) electrons. The summed E-state index contributed by atoms with van der Waals surface area (Å²) in [5, 5.41) is 25.5. The molecule has 2 aromatic rings. The van der Waals surface area contributed by atoms with Gasteiger partial charge in [0.05, 0.1) is 10.9 Å². The zero-order valence-corrected chi connectivity index (χ0v) is 24.3. The number of fused-ring (bicyclic) bond motifs is 1. The lowest BCUT2D eigenvalue weighted by molar-refractivity contribution is -0.145. The van der Waals surface area contributed by atoms with Gasteiger partial charge in [-0.2, -0.15) is 0 Å². The van der Waals surface area contributed by atoms with Gasteiger partial charge >= 0.3 is 5.97 Å². The number of benzene rings is 1. The van der Waals surface area contributed by atoms with Gasteiger partial charge in [0.25, 0.3) is 11.8 Å². The SMILES string of the molecule is CC(C)[C@H](O)C(=O)N[C@@H](C)C(=O)N1CCC[C@@H](C(=O)NN(C)c2ccc3ccc(/C=C/C(C)(C)C(=O)O)cc3n2)N1. The number of hydrazine groups is 2. The van der Waals surface area contributed by atoms with E-state index in [0.29, 0.717) is 30.7 Å². The van der Waals surface area contributed by atoms with E-state index < -0.39 is 41.4 Å². The number of anilines is 1. The Bertz CT molecular complexity index is 1330. The molecule has 1 saturated heterocycles. The number of carbonyl (C=O) groups excluding carboxylic acids is 3. The van der Waals surface area contributed by atoms with Crippen molar-refractivity contribution in [3.63, 3.8) is 0 Å². The van der Waals surface area contributed by atoms with Crippen molar-refractivity contribution in [1.82, 2.24) is 26.2 Å². The van der Waals surface area contributed by atoms with Crippen LogP contribution in [0.15, 0.2) is 36.4 Å². The van der Waals surface area contributed by atoms with Crippen molar-refractivity contribution >= 4 is 46.5 Å². The van der Waals surface area contributed by atoms with Crippen LogP contribution < -0.4 is 21.2 Å². The van der Waals surface area contributed by atoms with Gasteiger partial charge in [-0.15, -0.1) is 0 Å². The van der Waals surface area contributed by atoms with Gasteiger partial charge in [-0.1, -0.05) is 38.1 Å². The lowest BCUT2D eigenvalue weighted by atomic mass is 9.92. The number of hydrogen-bond acceptors (Lipinski definition) is 8. The topological polar surface area (TPSA) is 164 Å². The first kappa shape index (κ1) is 31.5. The molecule has 5 N–H and O–H groups in total. The molecule has 0 spiro atoms. The third-order valence-corrected chi connectivity index (χ3v) is 6.96. The van der Waals surface area contributed by atoms with Gasteiger partial charge in [0.1, 0.15) is 24.0 Å². The second-order valence-electron chi connectivity index (χ2n) is 11.2. The van der Waals surface area contributed by atoms with Crippen molar-refractivity contribution in [2.24, 2.45) is 11.3 Å². The number of aromatic nitrogens is 1. The second-order valence-corrected chi connectivity index (χ2v) is 11.2. The fraction of sp³-hybridized carbons (Fsp3) is 0.483. The van der Waals surface area contributed by atoms with Crippen LogP contribution in [0.2, 0.25) is 0 Å². The Morgan fingerprint density at radius 2 is 1.85 bits per heavy atom. The highest BCUT2D eigenvalue weighted by Crippen LogP contribution is 2.22. The Balaban J connectivity index is 1.64. The number of hydrogen-bond donors (Lipinski definition) is 5. The van der Waals surface area contributed by atoms with E-state index in [4.69, 9.17) is 0 Å². The molecule has 12 nitrogen and oxygen atoms in total.